The van der Waals surface area contributed by atoms with E-state index >= 15 is 0 Å². The first-order valence-corrected chi connectivity index (χ1v) is 12.3. The summed E-state index contributed by atoms with van der Waals surface area (Å²) in [6.07, 6.45) is 3.12. The first kappa shape index (κ1) is 25.2. The van der Waals surface area contributed by atoms with Gasteiger partial charge in [-0.3, -0.25) is 9.78 Å². The summed E-state index contributed by atoms with van der Waals surface area (Å²) in [5.41, 5.74) is 3.83. The number of rotatable bonds is 8. The van der Waals surface area contributed by atoms with Crippen LogP contribution in [-0.4, -0.2) is 47.4 Å². The van der Waals surface area contributed by atoms with Crippen molar-refractivity contribution in [1.29, 1.82) is 0 Å². The van der Waals surface area contributed by atoms with E-state index in [9.17, 15) is 18.7 Å². The van der Waals surface area contributed by atoms with Crippen molar-refractivity contribution < 1.29 is 28.2 Å². The molecule has 1 aliphatic carbocycles. The number of halogens is 2. The van der Waals surface area contributed by atoms with E-state index in [4.69, 9.17) is 14.5 Å². The molecule has 9 heteroatoms. The van der Waals surface area contributed by atoms with E-state index in [1.807, 2.05) is 25.1 Å². The van der Waals surface area contributed by atoms with Crippen molar-refractivity contribution in [2.75, 3.05) is 31.7 Å². The van der Waals surface area contributed by atoms with Crippen LogP contribution in [-0.2, 0) is 16.1 Å². The molecule has 1 saturated carbocycles. The Bertz CT molecular complexity index is 1330. The Morgan fingerprint density at radius 3 is 2.86 bits per heavy atom. The minimum atomic E-state index is -3.15. The Kier molecular flexibility index (Phi) is 6.68. The number of amides is 1. The molecule has 0 bridgehead atoms. The highest BCUT2D eigenvalue weighted by molar-refractivity contribution is 6.04. The molecular formula is C28H29F2N3O4. The van der Waals surface area contributed by atoms with E-state index in [0.29, 0.717) is 24.1 Å². The summed E-state index contributed by atoms with van der Waals surface area (Å²) in [5, 5.41) is 12.1. The zero-order valence-electron chi connectivity index (χ0n) is 20.8. The Hall–Kier alpha value is -3.43. The number of carbonyl (C=O) groups is 1. The van der Waals surface area contributed by atoms with Crippen molar-refractivity contribution in [3.8, 4) is 17.0 Å². The molecule has 2 aromatic heterocycles. The van der Waals surface area contributed by atoms with Crippen molar-refractivity contribution >= 4 is 11.6 Å². The zero-order chi connectivity index (χ0) is 26.2. The molecule has 194 valence electrons. The predicted octanol–water partition coefficient (Wildman–Crippen LogP) is 4.87. The lowest BCUT2D eigenvalue weighted by molar-refractivity contribution is 0.0127. The van der Waals surface area contributed by atoms with Crippen molar-refractivity contribution in [2.24, 2.45) is 5.92 Å². The first-order valence-electron chi connectivity index (χ1n) is 12.3. The van der Waals surface area contributed by atoms with Gasteiger partial charge in [0.15, 0.2) is 0 Å². The molecule has 3 heterocycles. The topological polar surface area (TPSA) is 93.6 Å². The molecule has 0 radical (unpaired) electrons. The summed E-state index contributed by atoms with van der Waals surface area (Å²) in [6.45, 7) is 4.14. The quantitative estimate of drug-likeness (QED) is 0.450. The lowest BCUT2D eigenvalue weighted by Gasteiger charge is -2.23. The molecule has 37 heavy (non-hydrogen) atoms. The lowest BCUT2D eigenvalue weighted by atomic mass is 9.90. The maximum absolute atomic E-state index is 13.7. The van der Waals surface area contributed by atoms with Crippen LogP contribution in [0.5, 0.6) is 5.88 Å². The van der Waals surface area contributed by atoms with Crippen LogP contribution in [0.4, 0.5) is 14.5 Å². The van der Waals surface area contributed by atoms with Gasteiger partial charge < -0.3 is 19.9 Å². The third-order valence-corrected chi connectivity index (χ3v) is 7.18. The molecule has 1 aliphatic heterocycles. The number of nitrogens with one attached hydrogen (secondary N) is 1. The second-order valence-electron chi connectivity index (χ2n) is 9.84. The standard InChI is InChI=1S/C28H29F2N3O4/c1-17-3-4-21(32-26(35)18-5-7-31-23(11-18)27(2,29)30)14-22(17)19-12-24(33-25(13-19)37-10-8-34)28-6-9-36-16-20(28)15-28/h3-5,7,11-14,20,34H,6,8-10,15-16H2,1-2H3,(H,32,35)/t20-,28+/m1/s1. The molecule has 2 fully saturated rings. The largest absolute Gasteiger partial charge is 0.475 e. The number of benzene rings is 1. The molecule has 1 saturated heterocycles. The number of nitrogens with zero attached hydrogens (tertiary/aromatic N) is 2. The SMILES string of the molecule is Cc1ccc(NC(=O)c2ccnc(C(C)(F)F)c2)cc1-c1cc(OCCO)nc([C@]23CCOC[C@H]2C3)c1. The van der Waals surface area contributed by atoms with E-state index in [1.54, 1.807) is 6.07 Å². The fraction of sp³-hybridized carbons (Fsp3) is 0.393. The summed E-state index contributed by atoms with van der Waals surface area (Å²) >= 11 is 0. The molecular weight excluding hydrogens is 480 g/mol. The molecule has 2 aliphatic rings. The zero-order valence-corrected chi connectivity index (χ0v) is 20.8. The number of aromatic nitrogens is 2. The maximum atomic E-state index is 13.7. The second-order valence-corrected chi connectivity index (χ2v) is 9.84. The highest BCUT2D eigenvalue weighted by Crippen LogP contribution is 2.58. The monoisotopic (exact) mass is 509 g/mol. The highest BCUT2D eigenvalue weighted by Gasteiger charge is 2.57. The minimum Gasteiger partial charge on any atom is -0.475 e. The number of alkyl halides is 2. The van der Waals surface area contributed by atoms with Crippen LogP contribution in [0.2, 0.25) is 0 Å². The van der Waals surface area contributed by atoms with Crippen LogP contribution in [0.3, 0.4) is 0 Å². The summed E-state index contributed by atoms with van der Waals surface area (Å²) in [5.74, 6) is -2.78. The average Bonchev–Trinajstić information content (AvgIpc) is 3.64. The van der Waals surface area contributed by atoms with Crippen LogP contribution < -0.4 is 10.1 Å². The van der Waals surface area contributed by atoms with Crippen LogP contribution >= 0.6 is 0 Å². The molecule has 0 spiro atoms. The molecule has 0 unspecified atom stereocenters. The molecule has 1 aromatic carbocycles. The molecule has 5 rings (SSSR count). The normalized spacial score (nSPS) is 20.7. The summed E-state index contributed by atoms with van der Waals surface area (Å²) < 4.78 is 38.7. The average molecular weight is 510 g/mol. The van der Waals surface area contributed by atoms with Gasteiger partial charge in [0.05, 0.1) is 18.9 Å². The molecule has 2 N–H and O–H groups in total. The Balaban J connectivity index is 1.46. The number of aryl methyl sites for hydroxylation is 1. The number of hydrogen-bond acceptors (Lipinski definition) is 6. The van der Waals surface area contributed by atoms with Gasteiger partial charge in [-0.05, 0) is 72.7 Å². The van der Waals surface area contributed by atoms with E-state index in [0.717, 1.165) is 54.8 Å². The van der Waals surface area contributed by atoms with Crippen LogP contribution in [0, 0.1) is 12.8 Å². The van der Waals surface area contributed by atoms with Gasteiger partial charge in [-0.25, -0.2) is 4.98 Å². The van der Waals surface area contributed by atoms with Gasteiger partial charge in [-0.1, -0.05) is 6.07 Å². The predicted molar refractivity (Wildman–Crippen MR) is 134 cm³/mol. The van der Waals surface area contributed by atoms with E-state index in [1.165, 1.54) is 12.3 Å². The Labute approximate surface area is 213 Å². The van der Waals surface area contributed by atoms with Gasteiger partial charge in [0.2, 0.25) is 5.88 Å². The van der Waals surface area contributed by atoms with Gasteiger partial charge in [-0.15, -0.1) is 0 Å². The summed E-state index contributed by atoms with van der Waals surface area (Å²) in [6, 6.07) is 11.9. The van der Waals surface area contributed by atoms with Gasteiger partial charge in [0.1, 0.15) is 12.3 Å². The second kappa shape index (κ2) is 9.79. The van der Waals surface area contributed by atoms with Crippen molar-refractivity contribution in [2.45, 2.75) is 38.0 Å². The number of aliphatic hydroxyl groups excluding tert-OH is 1. The third-order valence-electron chi connectivity index (χ3n) is 7.18. The Morgan fingerprint density at radius 1 is 1.27 bits per heavy atom. The number of anilines is 1. The molecule has 1 amide bonds. The smallest absolute Gasteiger partial charge is 0.286 e. The minimum absolute atomic E-state index is 0.0221. The van der Waals surface area contributed by atoms with E-state index < -0.39 is 17.5 Å². The first-order chi connectivity index (χ1) is 17.7. The summed E-state index contributed by atoms with van der Waals surface area (Å²) in [4.78, 5) is 21.3. The maximum Gasteiger partial charge on any atom is 0.286 e. The van der Waals surface area contributed by atoms with Gasteiger partial charge >= 0.3 is 0 Å². The number of carbonyl (C=O) groups excluding carboxylic acids is 1. The Morgan fingerprint density at radius 2 is 2.11 bits per heavy atom. The van der Waals surface area contributed by atoms with E-state index in [-0.39, 0.29) is 24.2 Å². The van der Waals surface area contributed by atoms with Gasteiger partial charge in [0, 0.05) is 42.5 Å². The lowest BCUT2D eigenvalue weighted by Crippen LogP contribution is -2.23. The number of fused-ring (bicyclic) bond motifs is 1. The molecule has 3 aromatic rings. The van der Waals surface area contributed by atoms with Crippen molar-refractivity contribution in [3.05, 3.63) is 71.2 Å². The summed E-state index contributed by atoms with van der Waals surface area (Å²) in [7, 11) is 0. The van der Waals surface area contributed by atoms with Crippen LogP contribution in [0.1, 0.15) is 47.1 Å². The van der Waals surface area contributed by atoms with E-state index in [2.05, 4.69) is 16.4 Å². The molecule has 2 atom stereocenters. The third kappa shape index (κ3) is 5.19. The van der Waals surface area contributed by atoms with Gasteiger partial charge in [-0.2, -0.15) is 8.78 Å². The van der Waals surface area contributed by atoms with Gasteiger partial charge in [0.25, 0.3) is 11.8 Å². The number of aliphatic hydroxyl groups is 1. The number of pyridine rings is 2. The van der Waals surface area contributed by atoms with Crippen LogP contribution in [0.25, 0.3) is 11.1 Å². The van der Waals surface area contributed by atoms with Crippen molar-refractivity contribution in [3.63, 3.8) is 0 Å². The molecule has 7 nitrogen and oxygen atoms in total. The number of ether oxygens (including phenoxy) is 2. The fourth-order valence-corrected chi connectivity index (χ4v) is 4.99. The van der Waals surface area contributed by atoms with Crippen LogP contribution in [0.15, 0.2) is 48.7 Å². The van der Waals surface area contributed by atoms with Crippen molar-refractivity contribution in [1.82, 2.24) is 9.97 Å². The highest BCUT2D eigenvalue weighted by atomic mass is 19.3. The number of hydrogen-bond donors (Lipinski definition) is 2. The fourth-order valence-electron chi connectivity index (χ4n) is 4.99.